The highest BCUT2D eigenvalue weighted by Crippen LogP contribution is 2.38. The first-order chi connectivity index (χ1) is 8.63. The second-order valence-electron chi connectivity index (χ2n) is 4.11. The van der Waals surface area contributed by atoms with Gasteiger partial charge in [-0.05, 0) is 19.3 Å². The highest BCUT2D eigenvalue weighted by molar-refractivity contribution is 5.89. The fourth-order valence-electron chi connectivity index (χ4n) is 1.86. The third kappa shape index (κ3) is 2.95. The van der Waals surface area contributed by atoms with Gasteiger partial charge in [-0.25, -0.2) is 4.79 Å². The molecule has 0 spiro atoms. The Bertz CT molecular complexity index is 369. The summed E-state index contributed by atoms with van der Waals surface area (Å²) in [6, 6.07) is -1.39. The van der Waals surface area contributed by atoms with Crippen LogP contribution in [0.3, 0.4) is 0 Å². The maximum Gasteiger partial charge on any atom is 0.463 e. The van der Waals surface area contributed by atoms with Crippen molar-refractivity contribution in [2.75, 3.05) is 13.7 Å². The van der Waals surface area contributed by atoms with Crippen LogP contribution in [0, 0.1) is 0 Å². The smallest absolute Gasteiger partial charge is 0.463 e. The molecule has 1 aliphatic rings. The number of halogens is 5. The van der Waals surface area contributed by atoms with Crippen LogP contribution in [0.5, 0.6) is 0 Å². The molecule has 1 rings (SSSR count). The van der Waals surface area contributed by atoms with Crippen molar-refractivity contribution in [3.05, 3.63) is 0 Å². The van der Waals surface area contributed by atoms with Crippen LogP contribution in [0.4, 0.5) is 22.0 Å². The number of piperidine rings is 1. The van der Waals surface area contributed by atoms with Crippen LogP contribution in [0.1, 0.15) is 19.3 Å². The van der Waals surface area contributed by atoms with Gasteiger partial charge in [-0.15, -0.1) is 0 Å². The zero-order chi connectivity index (χ0) is 14.8. The number of likely N-dealkylation sites (tertiary alicyclic amines) is 1. The van der Waals surface area contributed by atoms with E-state index in [1.807, 2.05) is 0 Å². The minimum Gasteiger partial charge on any atom is -0.467 e. The largest absolute Gasteiger partial charge is 0.467 e. The molecule has 0 aliphatic carbocycles. The molecule has 1 saturated heterocycles. The lowest BCUT2D eigenvalue weighted by atomic mass is 10.0. The van der Waals surface area contributed by atoms with Gasteiger partial charge in [0, 0.05) is 6.54 Å². The third-order valence-corrected chi connectivity index (χ3v) is 2.86. The van der Waals surface area contributed by atoms with E-state index in [-0.39, 0.29) is 24.3 Å². The summed E-state index contributed by atoms with van der Waals surface area (Å²) >= 11 is 0. The minimum atomic E-state index is -5.98. The predicted molar refractivity (Wildman–Crippen MR) is 52.4 cm³/mol. The van der Waals surface area contributed by atoms with Crippen molar-refractivity contribution in [1.29, 1.82) is 0 Å². The number of carbonyl (C=O) groups is 2. The van der Waals surface area contributed by atoms with E-state index in [2.05, 4.69) is 4.74 Å². The van der Waals surface area contributed by atoms with Crippen molar-refractivity contribution in [3.63, 3.8) is 0 Å². The quantitative estimate of drug-likeness (QED) is 0.574. The molecule has 1 heterocycles. The van der Waals surface area contributed by atoms with E-state index in [4.69, 9.17) is 0 Å². The average molecular weight is 289 g/mol. The van der Waals surface area contributed by atoms with Crippen LogP contribution in [0.2, 0.25) is 0 Å². The Morgan fingerprint density at radius 3 is 2.21 bits per heavy atom. The van der Waals surface area contributed by atoms with Gasteiger partial charge in [0.25, 0.3) is 0 Å². The van der Waals surface area contributed by atoms with Gasteiger partial charge in [0.05, 0.1) is 7.11 Å². The zero-order valence-electron chi connectivity index (χ0n) is 9.97. The molecule has 1 amide bonds. The predicted octanol–water partition coefficient (Wildman–Crippen LogP) is 1.74. The van der Waals surface area contributed by atoms with Gasteiger partial charge in [-0.3, -0.25) is 4.79 Å². The van der Waals surface area contributed by atoms with Crippen LogP contribution in [0.25, 0.3) is 0 Å². The number of nitrogens with zero attached hydrogens (tertiary/aromatic N) is 1. The molecule has 19 heavy (non-hydrogen) atoms. The number of rotatable bonds is 2. The first-order valence-corrected chi connectivity index (χ1v) is 5.46. The van der Waals surface area contributed by atoms with Crippen molar-refractivity contribution < 1.29 is 36.3 Å². The molecule has 0 aromatic rings. The van der Waals surface area contributed by atoms with Gasteiger partial charge in [0.1, 0.15) is 6.04 Å². The van der Waals surface area contributed by atoms with Crippen molar-refractivity contribution in [3.8, 4) is 0 Å². The van der Waals surface area contributed by atoms with Gasteiger partial charge in [0.15, 0.2) is 0 Å². The van der Waals surface area contributed by atoms with E-state index in [0.717, 1.165) is 7.11 Å². The van der Waals surface area contributed by atoms with E-state index in [9.17, 15) is 31.5 Å². The van der Waals surface area contributed by atoms with Crippen LogP contribution >= 0.6 is 0 Å². The molecule has 0 bridgehead atoms. The third-order valence-electron chi connectivity index (χ3n) is 2.86. The Morgan fingerprint density at radius 1 is 1.16 bits per heavy atom. The number of hydrogen-bond donors (Lipinski definition) is 0. The Hall–Kier alpha value is -1.41. The summed E-state index contributed by atoms with van der Waals surface area (Å²) in [6.45, 7) is -0.329. The summed E-state index contributed by atoms with van der Waals surface area (Å²) in [4.78, 5) is 22.9. The minimum absolute atomic E-state index is 0.00630. The lowest BCUT2D eigenvalue weighted by Gasteiger charge is -2.36. The Kier molecular flexibility index (Phi) is 4.36. The standard InChI is InChI=1S/C10H12F5NO3/c1-19-7(17)6-4-2-3-5-16(6)8(18)9(11,12)10(13,14)15/h6H,2-5H2,1H3. The molecule has 1 aliphatic heterocycles. The van der Waals surface area contributed by atoms with Crippen LogP contribution in [0.15, 0.2) is 0 Å². The molecular weight excluding hydrogens is 277 g/mol. The number of carbonyl (C=O) groups excluding carboxylic acids is 2. The summed E-state index contributed by atoms with van der Waals surface area (Å²) in [5.74, 6) is -8.91. The number of methoxy groups -OCH3 is 1. The van der Waals surface area contributed by atoms with E-state index in [1.165, 1.54) is 0 Å². The maximum atomic E-state index is 13.0. The molecule has 1 atom stereocenters. The van der Waals surface area contributed by atoms with Gasteiger partial charge in [0.2, 0.25) is 0 Å². The Balaban J connectivity index is 2.98. The molecule has 0 N–H and O–H groups in total. The van der Waals surface area contributed by atoms with Crippen LogP contribution in [-0.2, 0) is 14.3 Å². The highest BCUT2D eigenvalue weighted by Gasteiger charge is 2.65. The van der Waals surface area contributed by atoms with Gasteiger partial charge in [-0.1, -0.05) is 0 Å². The number of alkyl halides is 5. The number of esters is 1. The molecule has 110 valence electrons. The maximum absolute atomic E-state index is 13.0. The molecule has 9 heteroatoms. The number of hydrogen-bond acceptors (Lipinski definition) is 3. The lowest BCUT2D eigenvalue weighted by Crippen LogP contribution is -2.58. The molecule has 1 unspecified atom stereocenters. The number of amides is 1. The second-order valence-corrected chi connectivity index (χ2v) is 4.11. The normalized spacial score (nSPS) is 21.2. The second kappa shape index (κ2) is 5.30. The Morgan fingerprint density at radius 2 is 1.74 bits per heavy atom. The summed E-state index contributed by atoms with van der Waals surface area (Å²) in [7, 11) is 0.974. The monoisotopic (exact) mass is 289 g/mol. The van der Waals surface area contributed by atoms with E-state index < -0.39 is 30.0 Å². The molecule has 0 aromatic heterocycles. The van der Waals surface area contributed by atoms with Gasteiger partial charge >= 0.3 is 24.0 Å². The topological polar surface area (TPSA) is 46.6 Å². The fraction of sp³-hybridized carbons (Fsp3) is 0.800. The summed E-state index contributed by atoms with van der Waals surface area (Å²) < 4.78 is 66.7. The molecule has 0 aromatic carbocycles. The summed E-state index contributed by atoms with van der Waals surface area (Å²) in [5.41, 5.74) is 0. The van der Waals surface area contributed by atoms with Crippen molar-refractivity contribution >= 4 is 11.9 Å². The van der Waals surface area contributed by atoms with E-state index in [1.54, 1.807) is 0 Å². The summed E-state index contributed by atoms with van der Waals surface area (Å²) in [5, 5.41) is 0. The van der Waals surface area contributed by atoms with Crippen LogP contribution in [-0.4, -0.2) is 48.6 Å². The molecule has 0 radical (unpaired) electrons. The van der Waals surface area contributed by atoms with Crippen molar-refractivity contribution in [2.24, 2.45) is 0 Å². The molecule has 4 nitrogen and oxygen atoms in total. The molecule has 0 saturated carbocycles. The first-order valence-electron chi connectivity index (χ1n) is 5.46. The van der Waals surface area contributed by atoms with E-state index in [0.29, 0.717) is 6.42 Å². The zero-order valence-corrected chi connectivity index (χ0v) is 9.97. The summed E-state index contributed by atoms with van der Waals surface area (Å²) in [6.07, 6.45) is -5.27. The van der Waals surface area contributed by atoms with E-state index >= 15 is 0 Å². The van der Waals surface area contributed by atoms with Gasteiger partial charge in [-0.2, -0.15) is 22.0 Å². The molecular formula is C10H12F5NO3. The fourth-order valence-corrected chi connectivity index (χ4v) is 1.86. The Labute approximate surface area is 105 Å². The first kappa shape index (κ1) is 15.6. The number of ether oxygens (including phenoxy) is 1. The SMILES string of the molecule is COC(=O)C1CCCCN1C(=O)C(F)(F)C(F)(F)F. The van der Waals surface area contributed by atoms with Gasteiger partial charge < -0.3 is 9.64 Å². The molecule has 1 fully saturated rings. The highest BCUT2D eigenvalue weighted by atomic mass is 19.4. The van der Waals surface area contributed by atoms with Crippen molar-refractivity contribution in [1.82, 2.24) is 4.90 Å². The van der Waals surface area contributed by atoms with Crippen molar-refractivity contribution in [2.45, 2.75) is 37.4 Å². The van der Waals surface area contributed by atoms with Crippen LogP contribution < -0.4 is 0 Å². The average Bonchev–Trinajstić information content (AvgIpc) is 2.35. The lowest BCUT2D eigenvalue weighted by molar-refractivity contribution is -0.275.